The molecule has 3 aromatic carbocycles. The molecular formula is C30H31NO7. The Hall–Kier alpha value is -4.20. The van der Waals surface area contributed by atoms with Crippen LogP contribution in [0.3, 0.4) is 0 Å². The van der Waals surface area contributed by atoms with Crippen LogP contribution in [0.2, 0.25) is 0 Å². The Balaban J connectivity index is 1.42. The number of carbonyl (C=O) groups is 2. The summed E-state index contributed by atoms with van der Waals surface area (Å²) in [5.41, 5.74) is 2.21. The number of amides is 1. The maximum absolute atomic E-state index is 13.7. The van der Waals surface area contributed by atoms with E-state index in [1.807, 2.05) is 62.4 Å². The lowest BCUT2D eigenvalue weighted by Gasteiger charge is -2.35. The Morgan fingerprint density at radius 3 is 2.34 bits per heavy atom. The highest BCUT2D eigenvalue weighted by Crippen LogP contribution is 2.43. The van der Waals surface area contributed by atoms with Crippen molar-refractivity contribution in [3.05, 3.63) is 82.9 Å². The highest BCUT2D eigenvalue weighted by Gasteiger charge is 2.36. The first-order chi connectivity index (χ1) is 18.3. The fraction of sp³-hybridized carbons (Fsp3) is 0.333. The third-order valence-electron chi connectivity index (χ3n) is 7.16. The normalized spacial score (nSPS) is 18.0. The number of ether oxygens (including phenoxy) is 5. The van der Waals surface area contributed by atoms with Crippen LogP contribution in [0.15, 0.2) is 60.7 Å². The van der Waals surface area contributed by atoms with Gasteiger partial charge in [-0.15, -0.1) is 0 Å². The van der Waals surface area contributed by atoms with Crippen molar-refractivity contribution in [2.45, 2.75) is 37.8 Å². The van der Waals surface area contributed by atoms with E-state index in [-0.39, 0.29) is 18.1 Å². The number of esters is 1. The van der Waals surface area contributed by atoms with Gasteiger partial charge in [-0.05, 0) is 61.4 Å². The number of methoxy groups -OCH3 is 2. The molecule has 0 spiro atoms. The predicted molar refractivity (Wildman–Crippen MR) is 140 cm³/mol. The maximum Gasteiger partial charge on any atom is 0.337 e. The SMILES string of the molecule is COC(=O)c1ccc([C@H]2C[C@@H](NC(=O)C(C)(C)c3ccc4c(c3)OCCO4)c3ccc(OC)cc3O2)cc1. The molecule has 2 heterocycles. The molecule has 1 amide bonds. The van der Waals surface area contributed by atoms with Gasteiger partial charge < -0.3 is 29.0 Å². The van der Waals surface area contributed by atoms with Crippen LogP contribution in [0.4, 0.5) is 0 Å². The van der Waals surface area contributed by atoms with Crippen LogP contribution in [-0.2, 0) is 14.9 Å². The van der Waals surface area contributed by atoms with Crippen molar-refractivity contribution in [2.75, 3.05) is 27.4 Å². The minimum atomic E-state index is -0.835. The van der Waals surface area contributed by atoms with Crippen molar-refractivity contribution in [2.24, 2.45) is 0 Å². The average molecular weight is 518 g/mol. The largest absolute Gasteiger partial charge is 0.497 e. The fourth-order valence-electron chi connectivity index (χ4n) is 4.77. The van der Waals surface area contributed by atoms with Crippen LogP contribution in [0.25, 0.3) is 0 Å². The van der Waals surface area contributed by atoms with Gasteiger partial charge in [0.2, 0.25) is 5.91 Å². The molecule has 198 valence electrons. The van der Waals surface area contributed by atoms with E-state index in [1.165, 1.54) is 7.11 Å². The molecule has 0 aliphatic carbocycles. The third-order valence-corrected chi connectivity index (χ3v) is 7.16. The molecule has 0 fully saturated rings. The van der Waals surface area contributed by atoms with Crippen LogP contribution >= 0.6 is 0 Å². The standard InChI is InChI=1S/C30H31NO7/c1-30(2,20-9-12-24-27(15-20)37-14-13-36-24)29(33)31-23-17-25(18-5-7-19(8-6-18)28(32)35-4)38-26-16-21(34-3)10-11-22(23)26/h5-12,15-16,23,25H,13-14,17H2,1-4H3,(H,31,33)/t23-,25-/m1/s1. The van der Waals surface area contributed by atoms with Gasteiger partial charge in [-0.1, -0.05) is 18.2 Å². The van der Waals surface area contributed by atoms with Crippen molar-refractivity contribution >= 4 is 11.9 Å². The summed E-state index contributed by atoms with van der Waals surface area (Å²) in [7, 11) is 2.95. The van der Waals surface area contributed by atoms with E-state index < -0.39 is 11.4 Å². The minimum absolute atomic E-state index is 0.123. The lowest BCUT2D eigenvalue weighted by Crippen LogP contribution is -2.43. The Bertz CT molecular complexity index is 1350. The second-order valence-corrected chi connectivity index (χ2v) is 9.87. The molecule has 0 unspecified atom stereocenters. The summed E-state index contributed by atoms with van der Waals surface area (Å²) in [5.74, 6) is 2.11. The summed E-state index contributed by atoms with van der Waals surface area (Å²) in [4.78, 5) is 25.6. The molecule has 0 saturated heterocycles. The quantitative estimate of drug-likeness (QED) is 0.465. The molecule has 8 nitrogen and oxygen atoms in total. The van der Waals surface area contributed by atoms with Crippen LogP contribution in [0, 0.1) is 0 Å². The molecule has 8 heteroatoms. The lowest BCUT2D eigenvalue weighted by atomic mass is 9.82. The second kappa shape index (κ2) is 10.3. The monoisotopic (exact) mass is 517 g/mol. The summed E-state index contributed by atoms with van der Waals surface area (Å²) >= 11 is 0. The molecule has 0 aromatic heterocycles. The van der Waals surface area contributed by atoms with Crippen molar-refractivity contribution in [1.29, 1.82) is 0 Å². The van der Waals surface area contributed by atoms with Gasteiger partial charge in [0.25, 0.3) is 0 Å². The number of carbonyl (C=O) groups excluding carboxylic acids is 2. The second-order valence-electron chi connectivity index (χ2n) is 9.87. The van der Waals surface area contributed by atoms with E-state index >= 15 is 0 Å². The first-order valence-corrected chi connectivity index (χ1v) is 12.5. The number of rotatable bonds is 6. The highest BCUT2D eigenvalue weighted by molar-refractivity contribution is 5.89. The zero-order valence-electron chi connectivity index (χ0n) is 21.9. The Kier molecular flexibility index (Phi) is 6.89. The van der Waals surface area contributed by atoms with Crippen molar-refractivity contribution in [3.63, 3.8) is 0 Å². The number of nitrogens with one attached hydrogen (secondary N) is 1. The van der Waals surface area contributed by atoms with Crippen LogP contribution in [-0.4, -0.2) is 39.3 Å². The molecule has 5 rings (SSSR count). The Morgan fingerprint density at radius 2 is 1.63 bits per heavy atom. The predicted octanol–water partition coefficient (Wildman–Crippen LogP) is 4.91. The summed E-state index contributed by atoms with van der Waals surface area (Å²) in [6, 6.07) is 18.1. The first-order valence-electron chi connectivity index (χ1n) is 12.5. The van der Waals surface area contributed by atoms with Gasteiger partial charge in [0.15, 0.2) is 11.5 Å². The van der Waals surface area contributed by atoms with E-state index in [4.69, 9.17) is 23.7 Å². The molecule has 2 aliphatic rings. The van der Waals surface area contributed by atoms with E-state index in [9.17, 15) is 9.59 Å². The summed E-state index contributed by atoms with van der Waals surface area (Å²) in [5, 5.41) is 3.26. The van der Waals surface area contributed by atoms with Crippen LogP contribution < -0.4 is 24.3 Å². The Labute approximate surface area is 221 Å². The zero-order valence-corrected chi connectivity index (χ0v) is 21.9. The van der Waals surface area contributed by atoms with E-state index in [1.54, 1.807) is 19.2 Å². The molecule has 3 aromatic rings. The molecule has 0 bridgehead atoms. The molecule has 1 N–H and O–H groups in total. The maximum atomic E-state index is 13.7. The van der Waals surface area contributed by atoms with Gasteiger partial charge in [0.1, 0.15) is 30.8 Å². The lowest BCUT2D eigenvalue weighted by molar-refractivity contribution is -0.126. The summed E-state index contributed by atoms with van der Waals surface area (Å²) < 4.78 is 27.9. The van der Waals surface area contributed by atoms with Gasteiger partial charge in [-0.2, -0.15) is 0 Å². The van der Waals surface area contributed by atoms with E-state index in [0.29, 0.717) is 48.2 Å². The van der Waals surface area contributed by atoms with Gasteiger partial charge >= 0.3 is 5.97 Å². The third kappa shape index (κ3) is 4.86. The number of fused-ring (bicyclic) bond motifs is 2. The fourth-order valence-corrected chi connectivity index (χ4v) is 4.77. The molecule has 0 radical (unpaired) electrons. The first kappa shape index (κ1) is 25.4. The summed E-state index contributed by atoms with van der Waals surface area (Å²) in [6.07, 6.45) is 0.170. The molecule has 0 saturated carbocycles. The van der Waals surface area contributed by atoms with Gasteiger partial charge in [-0.3, -0.25) is 4.79 Å². The topological polar surface area (TPSA) is 92.3 Å². The molecule has 2 aliphatic heterocycles. The number of hydrogen-bond acceptors (Lipinski definition) is 7. The van der Waals surface area contributed by atoms with E-state index in [2.05, 4.69) is 5.32 Å². The average Bonchev–Trinajstić information content (AvgIpc) is 2.96. The molecule has 38 heavy (non-hydrogen) atoms. The smallest absolute Gasteiger partial charge is 0.337 e. The number of benzene rings is 3. The van der Waals surface area contributed by atoms with Crippen LogP contribution in [0.1, 0.15) is 59.5 Å². The molecule has 2 atom stereocenters. The minimum Gasteiger partial charge on any atom is -0.497 e. The van der Waals surface area contributed by atoms with Gasteiger partial charge in [0.05, 0.1) is 31.2 Å². The van der Waals surface area contributed by atoms with Gasteiger partial charge in [-0.25, -0.2) is 4.79 Å². The number of hydrogen-bond donors (Lipinski definition) is 1. The highest BCUT2D eigenvalue weighted by atomic mass is 16.6. The van der Waals surface area contributed by atoms with Crippen molar-refractivity contribution in [1.82, 2.24) is 5.32 Å². The zero-order chi connectivity index (χ0) is 26.9. The Morgan fingerprint density at radius 1 is 0.895 bits per heavy atom. The summed E-state index contributed by atoms with van der Waals surface area (Å²) in [6.45, 7) is 4.78. The van der Waals surface area contributed by atoms with Crippen LogP contribution in [0.5, 0.6) is 23.0 Å². The van der Waals surface area contributed by atoms with Crippen molar-refractivity contribution in [3.8, 4) is 23.0 Å². The van der Waals surface area contributed by atoms with E-state index in [0.717, 1.165) is 16.7 Å². The van der Waals surface area contributed by atoms with Gasteiger partial charge in [0, 0.05) is 18.1 Å². The molecular weight excluding hydrogens is 486 g/mol. The van der Waals surface area contributed by atoms with Crippen molar-refractivity contribution < 1.29 is 33.3 Å².